The van der Waals surface area contributed by atoms with Gasteiger partial charge in [0.15, 0.2) is 11.6 Å². The monoisotopic (exact) mass is 538 g/mol. The van der Waals surface area contributed by atoms with Crippen molar-refractivity contribution in [1.29, 1.82) is 0 Å². The number of aliphatic hydroxyl groups excluding tert-OH is 1. The van der Waals surface area contributed by atoms with Crippen molar-refractivity contribution >= 4 is 17.5 Å². The third kappa shape index (κ3) is 6.36. The molecule has 0 saturated heterocycles. The molecule has 0 bridgehead atoms. The molecule has 0 spiro atoms. The van der Waals surface area contributed by atoms with Crippen LogP contribution in [0, 0.1) is 11.6 Å². The Balaban J connectivity index is 0.000000218. The quantitative estimate of drug-likeness (QED) is 0.221. The highest BCUT2D eigenvalue weighted by Crippen LogP contribution is 2.35. The Bertz CT molecular complexity index is 1530. The molecule has 1 aliphatic carbocycles. The van der Waals surface area contributed by atoms with Crippen LogP contribution in [-0.2, 0) is 0 Å². The molecule has 5 N–H and O–H groups in total. The van der Waals surface area contributed by atoms with E-state index in [9.17, 15) is 43.6 Å². The number of allylic oxidation sites excluding steroid dienone is 2. The van der Waals surface area contributed by atoms with Crippen LogP contribution >= 0.6 is 0 Å². The number of hydrogen-bond acceptors (Lipinski definition) is 7. The fraction of sp³-hybridized carbons (Fsp3) is 0.138. The third-order valence-electron chi connectivity index (χ3n) is 5.76. The second-order valence-electron chi connectivity index (χ2n) is 8.84. The lowest BCUT2D eigenvalue weighted by molar-refractivity contribution is 0.0693. The third-order valence-corrected chi connectivity index (χ3v) is 5.76. The topological polar surface area (TPSA) is 152 Å². The highest BCUT2D eigenvalue weighted by molar-refractivity contribution is 6.27. The lowest BCUT2D eigenvalue weighted by Gasteiger charge is -2.20. The Hall–Kier alpha value is -4.83. The first kappa shape index (κ1) is 28.7. The van der Waals surface area contributed by atoms with Gasteiger partial charge in [-0.05, 0) is 68.3 Å². The second-order valence-corrected chi connectivity index (χ2v) is 8.84. The summed E-state index contributed by atoms with van der Waals surface area (Å²) in [6.07, 6.45) is 1.84. The maximum Gasteiger partial charge on any atom is 0.339 e. The van der Waals surface area contributed by atoms with E-state index in [4.69, 9.17) is 5.11 Å². The van der Waals surface area contributed by atoms with Crippen molar-refractivity contribution in [2.75, 3.05) is 0 Å². The van der Waals surface area contributed by atoms with Crippen molar-refractivity contribution in [3.05, 3.63) is 100 Å². The van der Waals surface area contributed by atoms with E-state index in [1.165, 1.54) is 12.1 Å². The summed E-state index contributed by atoms with van der Waals surface area (Å²) in [5.41, 5.74) is 0.403. The van der Waals surface area contributed by atoms with Gasteiger partial charge in [-0.1, -0.05) is 17.7 Å². The van der Waals surface area contributed by atoms with E-state index in [1.807, 2.05) is 13.8 Å². The van der Waals surface area contributed by atoms with E-state index >= 15 is 0 Å². The van der Waals surface area contributed by atoms with Crippen LogP contribution < -0.4 is 0 Å². The molecular formula is C29H24F2O8. The number of fused-ring (bicyclic) bond motifs is 1. The molecule has 8 nitrogen and oxygen atoms in total. The minimum atomic E-state index is -1.32. The average Bonchev–Trinajstić information content (AvgIpc) is 2.87. The Morgan fingerprint density at radius 2 is 1.51 bits per heavy atom. The number of rotatable bonds is 5. The van der Waals surface area contributed by atoms with Crippen LogP contribution in [-0.4, -0.2) is 49.2 Å². The van der Waals surface area contributed by atoms with Gasteiger partial charge in [-0.25, -0.2) is 13.6 Å². The number of carboxylic acid groups (broad SMARTS) is 1. The number of hydrogen-bond donors (Lipinski definition) is 5. The Morgan fingerprint density at radius 3 is 2.10 bits per heavy atom. The van der Waals surface area contributed by atoms with E-state index in [-0.39, 0.29) is 51.3 Å². The van der Waals surface area contributed by atoms with Gasteiger partial charge in [-0.3, -0.25) is 9.59 Å². The highest BCUT2D eigenvalue weighted by Gasteiger charge is 2.33. The Labute approximate surface area is 221 Å². The molecule has 0 fully saturated rings. The number of phenolic OH excluding ortho intramolecular Hbond substituents is 2. The molecule has 0 aliphatic heterocycles. The van der Waals surface area contributed by atoms with Crippen molar-refractivity contribution in [2.45, 2.75) is 26.4 Å². The van der Waals surface area contributed by atoms with Crippen LogP contribution in [0.25, 0.3) is 11.1 Å². The van der Waals surface area contributed by atoms with Crippen LogP contribution in [0.3, 0.4) is 0 Å². The van der Waals surface area contributed by atoms with Gasteiger partial charge >= 0.3 is 5.97 Å². The number of carbonyl (C=O) groups is 3. The number of carboxylic acids is 1. The zero-order chi connectivity index (χ0) is 29.0. The van der Waals surface area contributed by atoms with Gasteiger partial charge in [0.05, 0.1) is 17.2 Å². The van der Waals surface area contributed by atoms with Gasteiger partial charge in [0.2, 0.25) is 0 Å². The van der Waals surface area contributed by atoms with Crippen LogP contribution in [0.5, 0.6) is 17.2 Å². The van der Waals surface area contributed by atoms with Gasteiger partial charge in [0.25, 0.3) is 0 Å². The smallest absolute Gasteiger partial charge is 0.339 e. The number of Topliss-reactive ketones (excluding diaryl/α,β-unsaturated/α-hetero) is 1. The molecule has 0 amide bonds. The maximum absolute atomic E-state index is 13.5. The standard InChI is InChI=1S/C16H16O5.C13H8F2O3/c1-8(2)3-4-10(17)9-7-13(20)14-11(18)5-6-12(19)15(14)16(9)21;14-8-2-3-9(11(15)6-8)7-1-4-12(16)10(5-7)13(17)18/h3,5-7,10,17-19H,4H2,1-2H3;1-6,16H,(H,17,18)/t10-;/m0./s1. The number of aromatic carboxylic acids is 1. The van der Waals surface area contributed by atoms with Crippen LogP contribution in [0.1, 0.15) is 51.3 Å². The van der Waals surface area contributed by atoms with Crippen molar-refractivity contribution in [3.8, 4) is 28.4 Å². The van der Waals surface area contributed by atoms with Crippen molar-refractivity contribution < 1.29 is 48.7 Å². The maximum atomic E-state index is 13.5. The summed E-state index contributed by atoms with van der Waals surface area (Å²) in [4.78, 5) is 35.2. The summed E-state index contributed by atoms with van der Waals surface area (Å²) < 4.78 is 26.3. The second kappa shape index (κ2) is 11.7. The minimum Gasteiger partial charge on any atom is -0.507 e. The van der Waals surface area contributed by atoms with Gasteiger partial charge in [-0.15, -0.1) is 0 Å². The van der Waals surface area contributed by atoms with Crippen LogP contribution in [0.2, 0.25) is 0 Å². The SMILES string of the molecule is CC(C)=CC[C@H](O)C1=CC(=O)c2c(O)ccc(O)c2C1=O.O=C(O)c1cc(-c2ccc(F)cc2F)ccc1O. The number of phenols is 3. The first-order valence-corrected chi connectivity index (χ1v) is 11.5. The molecule has 3 aromatic rings. The molecule has 39 heavy (non-hydrogen) atoms. The number of carbonyl (C=O) groups excluding carboxylic acids is 2. The lowest BCUT2D eigenvalue weighted by atomic mass is 9.85. The molecular weight excluding hydrogens is 514 g/mol. The molecule has 0 aromatic heterocycles. The van der Waals surface area contributed by atoms with E-state index in [0.717, 1.165) is 42.0 Å². The molecule has 0 radical (unpaired) electrons. The lowest BCUT2D eigenvalue weighted by Crippen LogP contribution is -2.25. The number of aliphatic hydroxyl groups is 1. The normalized spacial score (nSPS) is 13.0. The van der Waals surface area contributed by atoms with Crippen LogP contribution in [0.4, 0.5) is 8.78 Å². The molecule has 202 valence electrons. The summed E-state index contributed by atoms with van der Waals surface area (Å²) in [6.45, 7) is 3.71. The van der Waals surface area contributed by atoms with Gasteiger partial charge in [-0.2, -0.15) is 0 Å². The number of ketones is 2. The van der Waals surface area contributed by atoms with Gasteiger partial charge in [0.1, 0.15) is 34.4 Å². The molecule has 10 heteroatoms. The molecule has 1 aliphatic rings. The highest BCUT2D eigenvalue weighted by atomic mass is 19.1. The molecule has 0 unspecified atom stereocenters. The minimum absolute atomic E-state index is 0.0684. The van der Waals surface area contributed by atoms with Crippen molar-refractivity contribution in [2.24, 2.45) is 0 Å². The molecule has 0 saturated carbocycles. The zero-order valence-corrected chi connectivity index (χ0v) is 20.8. The first-order valence-electron chi connectivity index (χ1n) is 11.5. The Kier molecular flexibility index (Phi) is 8.62. The van der Waals surface area contributed by atoms with Gasteiger partial charge < -0.3 is 25.5 Å². The molecule has 3 aromatic carbocycles. The largest absolute Gasteiger partial charge is 0.507 e. The summed E-state index contributed by atoms with van der Waals surface area (Å²) >= 11 is 0. The number of halogens is 2. The molecule has 0 heterocycles. The van der Waals surface area contributed by atoms with E-state index < -0.39 is 41.0 Å². The number of aromatic hydroxyl groups is 3. The zero-order valence-electron chi connectivity index (χ0n) is 20.8. The number of benzene rings is 3. The van der Waals surface area contributed by atoms with Crippen molar-refractivity contribution in [1.82, 2.24) is 0 Å². The fourth-order valence-electron chi connectivity index (χ4n) is 3.80. The predicted octanol–water partition coefficient (Wildman–Crippen LogP) is 5.16. The summed E-state index contributed by atoms with van der Waals surface area (Å²) in [5.74, 6) is -5.25. The summed E-state index contributed by atoms with van der Waals surface area (Å²) in [5, 5.41) is 47.7. The van der Waals surface area contributed by atoms with Gasteiger partial charge in [0, 0.05) is 17.2 Å². The summed E-state index contributed by atoms with van der Waals surface area (Å²) in [6, 6.07) is 8.94. The first-order chi connectivity index (χ1) is 18.3. The van der Waals surface area contributed by atoms with E-state index in [0.29, 0.717) is 6.07 Å². The van der Waals surface area contributed by atoms with Crippen molar-refractivity contribution in [3.63, 3.8) is 0 Å². The average molecular weight is 538 g/mol. The van der Waals surface area contributed by atoms with E-state index in [1.54, 1.807) is 6.08 Å². The molecule has 1 atom stereocenters. The van der Waals surface area contributed by atoms with E-state index in [2.05, 4.69) is 0 Å². The summed E-state index contributed by atoms with van der Waals surface area (Å²) in [7, 11) is 0. The molecule has 4 rings (SSSR count). The van der Waals surface area contributed by atoms with Crippen LogP contribution in [0.15, 0.2) is 71.8 Å². The Morgan fingerprint density at radius 1 is 0.897 bits per heavy atom. The predicted molar refractivity (Wildman–Crippen MR) is 137 cm³/mol. The fourth-order valence-corrected chi connectivity index (χ4v) is 3.80.